The van der Waals surface area contributed by atoms with Crippen LogP contribution >= 0.6 is 0 Å². The van der Waals surface area contributed by atoms with Crippen LogP contribution < -0.4 is 16.0 Å². The number of carbonyl (C=O) groups excluding carboxylic acids is 2. The quantitative estimate of drug-likeness (QED) is 0.298. The number of esters is 1. The van der Waals surface area contributed by atoms with Crippen LogP contribution in [-0.4, -0.2) is 76.7 Å². The maximum absolute atomic E-state index is 11.6. The van der Waals surface area contributed by atoms with Gasteiger partial charge < -0.3 is 20.7 Å². The number of ether oxygens (including phenoxy) is 1. The minimum Gasteiger partial charge on any atom is -0.468 e. The van der Waals surface area contributed by atoms with Crippen LogP contribution in [-0.2, 0) is 14.3 Å². The van der Waals surface area contributed by atoms with Gasteiger partial charge in [-0.25, -0.2) is 0 Å². The number of methoxy groups -OCH3 is 1. The highest BCUT2D eigenvalue weighted by molar-refractivity contribution is 5.77. The molecule has 0 aliphatic rings. The Balaban J connectivity index is 3.37. The zero-order chi connectivity index (χ0) is 16.6. The molecule has 0 fully saturated rings. The Morgan fingerprint density at radius 3 is 2.45 bits per heavy atom. The molecule has 7 nitrogen and oxygen atoms in total. The molecule has 3 N–H and O–H groups in total. The van der Waals surface area contributed by atoms with E-state index in [0.717, 1.165) is 19.5 Å². The summed E-state index contributed by atoms with van der Waals surface area (Å²) in [5.41, 5.74) is 0. The predicted molar refractivity (Wildman–Crippen MR) is 87.8 cm³/mol. The molecule has 0 atom stereocenters. The number of rotatable bonds is 14. The average Bonchev–Trinajstić information content (AvgIpc) is 2.50. The van der Waals surface area contributed by atoms with Gasteiger partial charge in [0.05, 0.1) is 20.2 Å². The van der Waals surface area contributed by atoms with E-state index in [9.17, 15) is 9.59 Å². The summed E-state index contributed by atoms with van der Waals surface area (Å²) in [5.74, 6) is -0.253. The van der Waals surface area contributed by atoms with Crippen LogP contribution in [0.5, 0.6) is 0 Å². The molecule has 22 heavy (non-hydrogen) atoms. The standard InChI is InChI=1S/C15H32N4O3/c1-4-5-7-16-8-6-9-18-14(20)12-17-10-11-19(2)13-15(21)22-3/h16-17H,4-13H2,1-3H3,(H,18,20). The third-order valence-electron chi connectivity index (χ3n) is 3.14. The molecule has 0 aromatic heterocycles. The number of hydrogen-bond acceptors (Lipinski definition) is 6. The Kier molecular flexibility index (Phi) is 14.0. The highest BCUT2D eigenvalue weighted by Crippen LogP contribution is 1.84. The Hall–Kier alpha value is -1.18. The smallest absolute Gasteiger partial charge is 0.319 e. The zero-order valence-electron chi connectivity index (χ0n) is 14.2. The molecule has 0 radical (unpaired) electrons. The van der Waals surface area contributed by atoms with Crippen molar-refractivity contribution in [1.82, 2.24) is 20.9 Å². The van der Waals surface area contributed by atoms with Crippen molar-refractivity contribution in [2.45, 2.75) is 26.2 Å². The first-order chi connectivity index (χ1) is 10.6. The van der Waals surface area contributed by atoms with Gasteiger partial charge in [-0.3, -0.25) is 14.5 Å². The third kappa shape index (κ3) is 13.8. The highest BCUT2D eigenvalue weighted by Gasteiger charge is 2.05. The molecule has 0 aromatic carbocycles. The van der Waals surface area contributed by atoms with Gasteiger partial charge in [-0.15, -0.1) is 0 Å². The van der Waals surface area contributed by atoms with Crippen LogP contribution in [0.3, 0.4) is 0 Å². The molecule has 0 saturated heterocycles. The fraction of sp³-hybridized carbons (Fsp3) is 0.867. The van der Waals surface area contributed by atoms with Crippen molar-refractivity contribution in [3.63, 3.8) is 0 Å². The molecule has 0 rings (SSSR count). The summed E-state index contributed by atoms with van der Waals surface area (Å²) in [6.45, 7) is 6.75. The summed E-state index contributed by atoms with van der Waals surface area (Å²) in [4.78, 5) is 24.5. The van der Waals surface area contributed by atoms with Crippen LogP contribution in [0.25, 0.3) is 0 Å². The van der Waals surface area contributed by atoms with E-state index < -0.39 is 0 Å². The molecule has 0 aliphatic heterocycles. The summed E-state index contributed by atoms with van der Waals surface area (Å²) in [5, 5.41) is 9.26. The van der Waals surface area contributed by atoms with E-state index in [4.69, 9.17) is 0 Å². The van der Waals surface area contributed by atoms with Crippen molar-refractivity contribution in [2.24, 2.45) is 0 Å². The minimum absolute atomic E-state index is 0.00387. The first kappa shape index (κ1) is 20.8. The highest BCUT2D eigenvalue weighted by atomic mass is 16.5. The van der Waals surface area contributed by atoms with Gasteiger partial charge in [-0.2, -0.15) is 0 Å². The molecule has 0 aromatic rings. The van der Waals surface area contributed by atoms with Crippen molar-refractivity contribution in [2.75, 3.05) is 60.0 Å². The van der Waals surface area contributed by atoms with Gasteiger partial charge in [0.2, 0.25) is 5.91 Å². The topological polar surface area (TPSA) is 82.7 Å². The first-order valence-corrected chi connectivity index (χ1v) is 8.03. The Labute approximate surface area is 134 Å². The van der Waals surface area contributed by atoms with E-state index in [1.54, 1.807) is 0 Å². The average molecular weight is 316 g/mol. The minimum atomic E-state index is -0.257. The Bertz CT molecular complexity index is 301. The lowest BCUT2D eigenvalue weighted by atomic mass is 10.3. The molecular formula is C15H32N4O3. The monoisotopic (exact) mass is 316 g/mol. The summed E-state index contributed by atoms with van der Waals surface area (Å²) >= 11 is 0. The molecule has 0 spiro atoms. The molecule has 1 amide bonds. The third-order valence-corrected chi connectivity index (χ3v) is 3.14. The van der Waals surface area contributed by atoms with Gasteiger partial charge in [0, 0.05) is 19.6 Å². The van der Waals surface area contributed by atoms with Gasteiger partial charge in [0.1, 0.15) is 0 Å². The molecule has 0 unspecified atom stereocenters. The van der Waals surface area contributed by atoms with Crippen molar-refractivity contribution in [3.8, 4) is 0 Å². The van der Waals surface area contributed by atoms with Crippen LogP contribution in [0.4, 0.5) is 0 Å². The molecule has 0 bridgehead atoms. The maximum atomic E-state index is 11.6. The molecule has 7 heteroatoms. The number of hydrogen-bond donors (Lipinski definition) is 3. The number of nitrogens with one attached hydrogen (secondary N) is 3. The summed E-state index contributed by atoms with van der Waals surface area (Å²) in [7, 11) is 3.21. The molecular weight excluding hydrogens is 284 g/mol. The number of amides is 1. The number of carbonyl (C=O) groups is 2. The molecule has 0 aliphatic carbocycles. The van der Waals surface area contributed by atoms with E-state index in [1.165, 1.54) is 20.0 Å². The summed E-state index contributed by atoms with van der Waals surface area (Å²) < 4.78 is 4.58. The first-order valence-electron chi connectivity index (χ1n) is 8.03. The van der Waals surface area contributed by atoms with Crippen LogP contribution in [0.1, 0.15) is 26.2 Å². The second-order valence-corrected chi connectivity index (χ2v) is 5.30. The van der Waals surface area contributed by atoms with Crippen LogP contribution in [0.15, 0.2) is 0 Å². The molecule has 130 valence electrons. The molecule has 0 saturated carbocycles. The van der Waals surface area contributed by atoms with Gasteiger partial charge >= 0.3 is 5.97 Å². The predicted octanol–water partition coefficient (Wildman–Crippen LogP) is -0.423. The zero-order valence-corrected chi connectivity index (χ0v) is 14.2. The van der Waals surface area contributed by atoms with Gasteiger partial charge in [0.15, 0.2) is 0 Å². The lowest BCUT2D eigenvalue weighted by Gasteiger charge is -2.15. The Morgan fingerprint density at radius 2 is 1.77 bits per heavy atom. The SMILES string of the molecule is CCCCNCCCNC(=O)CNCCN(C)CC(=O)OC. The van der Waals surface area contributed by atoms with E-state index in [-0.39, 0.29) is 18.4 Å². The summed E-state index contributed by atoms with van der Waals surface area (Å²) in [6, 6.07) is 0. The van der Waals surface area contributed by atoms with Gasteiger partial charge in [-0.1, -0.05) is 13.3 Å². The largest absolute Gasteiger partial charge is 0.468 e. The number of likely N-dealkylation sites (N-methyl/N-ethyl adjacent to an activating group) is 1. The fourth-order valence-corrected chi connectivity index (χ4v) is 1.77. The second kappa shape index (κ2) is 14.7. The van der Waals surface area contributed by atoms with E-state index in [0.29, 0.717) is 26.2 Å². The number of unbranched alkanes of at least 4 members (excludes halogenated alkanes) is 1. The lowest BCUT2D eigenvalue weighted by Crippen LogP contribution is -2.39. The molecule has 0 heterocycles. The second-order valence-electron chi connectivity index (χ2n) is 5.30. The van der Waals surface area contributed by atoms with E-state index in [1.807, 2.05) is 11.9 Å². The van der Waals surface area contributed by atoms with Crippen LogP contribution in [0, 0.1) is 0 Å². The van der Waals surface area contributed by atoms with Gasteiger partial charge in [0.25, 0.3) is 0 Å². The van der Waals surface area contributed by atoms with Crippen LogP contribution in [0.2, 0.25) is 0 Å². The Morgan fingerprint density at radius 1 is 1.05 bits per heavy atom. The van der Waals surface area contributed by atoms with Crippen molar-refractivity contribution >= 4 is 11.9 Å². The maximum Gasteiger partial charge on any atom is 0.319 e. The van der Waals surface area contributed by atoms with E-state index in [2.05, 4.69) is 27.6 Å². The van der Waals surface area contributed by atoms with Crippen molar-refractivity contribution < 1.29 is 14.3 Å². The lowest BCUT2D eigenvalue weighted by molar-refractivity contribution is -0.141. The van der Waals surface area contributed by atoms with E-state index >= 15 is 0 Å². The number of nitrogens with zero attached hydrogens (tertiary/aromatic N) is 1. The van der Waals surface area contributed by atoms with Crippen molar-refractivity contribution in [1.29, 1.82) is 0 Å². The normalized spacial score (nSPS) is 10.7. The van der Waals surface area contributed by atoms with Gasteiger partial charge in [-0.05, 0) is 33.0 Å². The summed E-state index contributed by atoms with van der Waals surface area (Å²) in [6.07, 6.45) is 3.34. The fourth-order valence-electron chi connectivity index (χ4n) is 1.77. The van der Waals surface area contributed by atoms with Crippen molar-refractivity contribution in [3.05, 3.63) is 0 Å².